The van der Waals surface area contributed by atoms with Gasteiger partial charge in [0.1, 0.15) is 5.56 Å². The molecule has 7 heteroatoms. The summed E-state index contributed by atoms with van der Waals surface area (Å²) in [6, 6.07) is 5.76. The number of rotatable bonds is 6. The highest BCUT2D eigenvalue weighted by atomic mass is 32.1. The zero-order chi connectivity index (χ0) is 14.5. The number of aromatic carboxylic acids is 1. The number of carbonyl (C=O) groups is 1. The van der Waals surface area contributed by atoms with Crippen LogP contribution >= 0.6 is 11.3 Å². The molecule has 1 aromatic carbocycles. The summed E-state index contributed by atoms with van der Waals surface area (Å²) in [6.07, 6.45) is 0.564. The number of carboxylic acid groups (broad SMARTS) is 1. The summed E-state index contributed by atoms with van der Waals surface area (Å²) in [6.45, 7) is 0.182. The van der Waals surface area contributed by atoms with E-state index in [2.05, 4.69) is 0 Å². The van der Waals surface area contributed by atoms with Crippen molar-refractivity contribution >= 4 is 23.0 Å². The molecule has 20 heavy (non-hydrogen) atoms. The average Bonchev–Trinajstić information content (AvgIpc) is 2.91. The van der Waals surface area contributed by atoms with Gasteiger partial charge in [0.2, 0.25) is 5.75 Å². The number of nitro benzene ring substituents is 1. The fourth-order valence-corrected chi connectivity index (χ4v) is 2.40. The number of hydrogen-bond donors (Lipinski definition) is 1. The molecule has 1 N–H and O–H groups in total. The Balaban J connectivity index is 2.19. The molecule has 0 bridgehead atoms. The third-order valence-corrected chi connectivity index (χ3v) is 3.37. The first-order chi connectivity index (χ1) is 9.59. The molecule has 0 fully saturated rings. The molecule has 0 amide bonds. The third-order valence-electron chi connectivity index (χ3n) is 2.64. The maximum Gasteiger partial charge on any atom is 0.339 e. The number of para-hydroxylation sites is 1. The lowest BCUT2D eigenvalue weighted by atomic mass is 10.1. The zero-order valence-electron chi connectivity index (χ0n) is 10.3. The molecule has 0 unspecified atom stereocenters. The average molecular weight is 293 g/mol. The first-order valence-electron chi connectivity index (χ1n) is 5.74. The van der Waals surface area contributed by atoms with Gasteiger partial charge < -0.3 is 9.84 Å². The number of ether oxygens (including phenoxy) is 1. The summed E-state index contributed by atoms with van der Waals surface area (Å²) in [7, 11) is 0. The summed E-state index contributed by atoms with van der Waals surface area (Å²) in [5.41, 5.74) is 0.505. The topological polar surface area (TPSA) is 89.7 Å². The Kier molecular flexibility index (Phi) is 4.31. The van der Waals surface area contributed by atoms with Gasteiger partial charge in [-0.3, -0.25) is 10.1 Å². The fraction of sp³-hybridized carbons (Fsp3) is 0.154. The lowest BCUT2D eigenvalue weighted by molar-refractivity contribution is -0.385. The largest absolute Gasteiger partial charge is 0.486 e. The van der Waals surface area contributed by atoms with Crippen LogP contribution in [0.4, 0.5) is 5.69 Å². The van der Waals surface area contributed by atoms with E-state index in [4.69, 9.17) is 9.84 Å². The van der Waals surface area contributed by atoms with Crippen LogP contribution in [0.1, 0.15) is 15.9 Å². The summed E-state index contributed by atoms with van der Waals surface area (Å²) in [5.74, 6) is -1.44. The van der Waals surface area contributed by atoms with E-state index in [-0.39, 0.29) is 23.6 Å². The minimum Gasteiger partial charge on any atom is -0.486 e. The second-order valence-corrected chi connectivity index (χ2v) is 4.73. The Labute approximate surface area is 118 Å². The quantitative estimate of drug-likeness (QED) is 0.653. The third kappa shape index (κ3) is 3.12. The van der Waals surface area contributed by atoms with Gasteiger partial charge in [-0.2, -0.15) is 11.3 Å². The predicted octanol–water partition coefficient (Wildman–Crippen LogP) is 2.98. The van der Waals surface area contributed by atoms with E-state index < -0.39 is 10.9 Å². The lowest BCUT2D eigenvalue weighted by Crippen LogP contribution is -2.08. The molecular formula is C13H11NO5S. The van der Waals surface area contributed by atoms with Crippen molar-refractivity contribution in [2.75, 3.05) is 6.61 Å². The molecule has 2 aromatic rings. The van der Waals surface area contributed by atoms with E-state index in [0.717, 1.165) is 5.56 Å². The minimum absolute atomic E-state index is 0.182. The van der Waals surface area contributed by atoms with Crippen molar-refractivity contribution in [3.05, 3.63) is 56.3 Å². The van der Waals surface area contributed by atoms with Crippen LogP contribution in [0.25, 0.3) is 0 Å². The molecule has 1 aromatic heterocycles. The Morgan fingerprint density at radius 3 is 2.80 bits per heavy atom. The highest BCUT2D eigenvalue weighted by Crippen LogP contribution is 2.31. The lowest BCUT2D eigenvalue weighted by Gasteiger charge is -2.09. The Morgan fingerprint density at radius 2 is 2.20 bits per heavy atom. The summed E-state index contributed by atoms with van der Waals surface area (Å²) >= 11 is 1.54. The van der Waals surface area contributed by atoms with Crippen LogP contribution in [0.3, 0.4) is 0 Å². The fourth-order valence-electron chi connectivity index (χ4n) is 1.69. The highest BCUT2D eigenvalue weighted by molar-refractivity contribution is 7.07. The predicted molar refractivity (Wildman–Crippen MR) is 73.6 cm³/mol. The van der Waals surface area contributed by atoms with E-state index in [9.17, 15) is 14.9 Å². The number of nitrogens with zero attached hydrogens (tertiary/aromatic N) is 1. The molecule has 6 nitrogen and oxygen atoms in total. The molecule has 0 radical (unpaired) electrons. The van der Waals surface area contributed by atoms with Crippen LogP contribution in [0.2, 0.25) is 0 Å². The van der Waals surface area contributed by atoms with Gasteiger partial charge in [-0.1, -0.05) is 6.07 Å². The summed E-state index contributed by atoms with van der Waals surface area (Å²) < 4.78 is 5.35. The van der Waals surface area contributed by atoms with Gasteiger partial charge in [0.05, 0.1) is 11.5 Å². The summed E-state index contributed by atoms with van der Waals surface area (Å²) in [4.78, 5) is 21.4. The number of carboxylic acids is 1. The van der Waals surface area contributed by atoms with Crippen LogP contribution < -0.4 is 4.74 Å². The Bertz CT molecular complexity index is 591. The molecule has 0 saturated carbocycles. The SMILES string of the molecule is O=C(O)c1cccc([N+](=O)[O-])c1OCCc1ccsc1. The molecule has 104 valence electrons. The number of hydrogen-bond acceptors (Lipinski definition) is 5. The monoisotopic (exact) mass is 293 g/mol. The van der Waals surface area contributed by atoms with Crippen molar-refractivity contribution in [1.82, 2.24) is 0 Å². The van der Waals surface area contributed by atoms with E-state index >= 15 is 0 Å². The first-order valence-corrected chi connectivity index (χ1v) is 6.68. The van der Waals surface area contributed by atoms with Crippen molar-refractivity contribution < 1.29 is 19.6 Å². The molecule has 2 rings (SSSR count). The number of benzene rings is 1. The molecule has 0 spiro atoms. The summed E-state index contributed by atoms with van der Waals surface area (Å²) in [5, 5.41) is 23.8. The van der Waals surface area contributed by atoms with Gasteiger partial charge in [0.15, 0.2) is 0 Å². The van der Waals surface area contributed by atoms with Crippen LogP contribution in [0.5, 0.6) is 5.75 Å². The van der Waals surface area contributed by atoms with Gasteiger partial charge in [0, 0.05) is 12.5 Å². The van der Waals surface area contributed by atoms with Crippen molar-refractivity contribution in [1.29, 1.82) is 0 Å². The van der Waals surface area contributed by atoms with Gasteiger partial charge in [-0.05, 0) is 28.5 Å². The maximum absolute atomic E-state index is 11.1. The van der Waals surface area contributed by atoms with E-state index in [1.54, 1.807) is 11.3 Å². The van der Waals surface area contributed by atoms with Crippen molar-refractivity contribution in [3.8, 4) is 5.75 Å². The molecule has 0 aliphatic rings. The van der Waals surface area contributed by atoms with E-state index in [1.165, 1.54) is 18.2 Å². The van der Waals surface area contributed by atoms with Gasteiger partial charge >= 0.3 is 11.7 Å². The van der Waals surface area contributed by atoms with E-state index in [1.807, 2.05) is 16.8 Å². The van der Waals surface area contributed by atoms with Crippen LogP contribution in [-0.2, 0) is 6.42 Å². The van der Waals surface area contributed by atoms with E-state index in [0.29, 0.717) is 6.42 Å². The molecule has 0 atom stereocenters. The smallest absolute Gasteiger partial charge is 0.339 e. The molecule has 0 aliphatic carbocycles. The molecule has 1 heterocycles. The van der Waals surface area contributed by atoms with Crippen LogP contribution in [0, 0.1) is 10.1 Å². The normalized spacial score (nSPS) is 10.2. The number of nitro groups is 1. The Hall–Kier alpha value is -2.41. The Morgan fingerprint density at radius 1 is 1.40 bits per heavy atom. The second kappa shape index (κ2) is 6.16. The molecule has 0 aliphatic heterocycles. The van der Waals surface area contributed by atoms with Crippen molar-refractivity contribution in [3.63, 3.8) is 0 Å². The van der Waals surface area contributed by atoms with Crippen LogP contribution in [-0.4, -0.2) is 22.6 Å². The van der Waals surface area contributed by atoms with Crippen molar-refractivity contribution in [2.45, 2.75) is 6.42 Å². The van der Waals surface area contributed by atoms with Crippen LogP contribution in [0.15, 0.2) is 35.0 Å². The van der Waals surface area contributed by atoms with Gasteiger partial charge in [-0.15, -0.1) is 0 Å². The molecular weight excluding hydrogens is 282 g/mol. The minimum atomic E-state index is -1.25. The second-order valence-electron chi connectivity index (χ2n) is 3.95. The highest BCUT2D eigenvalue weighted by Gasteiger charge is 2.22. The molecule has 0 saturated heterocycles. The van der Waals surface area contributed by atoms with Crippen molar-refractivity contribution in [2.24, 2.45) is 0 Å². The standard InChI is InChI=1S/C13H11NO5S/c15-13(16)10-2-1-3-11(14(17)18)12(10)19-6-4-9-5-7-20-8-9/h1-3,5,7-8H,4,6H2,(H,15,16). The first kappa shape index (κ1) is 14.0. The maximum atomic E-state index is 11.1. The van der Waals surface area contributed by atoms with Gasteiger partial charge in [0.25, 0.3) is 0 Å². The zero-order valence-corrected chi connectivity index (χ0v) is 11.1. The number of thiophene rings is 1. The van der Waals surface area contributed by atoms with Gasteiger partial charge in [-0.25, -0.2) is 4.79 Å².